The molecule has 2 heterocycles. The van der Waals surface area contributed by atoms with Crippen LogP contribution >= 0.6 is 0 Å². The van der Waals surface area contributed by atoms with Crippen molar-refractivity contribution in [2.24, 2.45) is 9.98 Å². The van der Waals surface area contributed by atoms with Gasteiger partial charge in [0.05, 0.1) is 39.2 Å². The molecule has 0 aliphatic rings. The average molecular weight is 645 g/mol. The molecule has 50 heavy (non-hydrogen) atoms. The largest absolute Gasteiger partial charge is 0.309 e. The lowest BCUT2D eigenvalue weighted by Gasteiger charge is -2.12. The van der Waals surface area contributed by atoms with E-state index in [1.165, 1.54) is 43.4 Å². The lowest BCUT2D eigenvalue weighted by molar-refractivity contribution is 1.18. The van der Waals surface area contributed by atoms with Crippen LogP contribution < -0.4 is 0 Å². The first-order valence-electron chi connectivity index (χ1n) is 17.3. The van der Waals surface area contributed by atoms with E-state index in [2.05, 4.69) is 175 Å². The van der Waals surface area contributed by atoms with Gasteiger partial charge in [0.25, 0.3) is 0 Å². The van der Waals surface area contributed by atoms with E-state index in [-0.39, 0.29) is 0 Å². The number of aromatic nitrogens is 2. The van der Waals surface area contributed by atoms with Crippen molar-refractivity contribution in [3.05, 3.63) is 163 Å². The summed E-state index contributed by atoms with van der Waals surface area (Å²) < 4.78 is 4.72. The van der Waals surface area contributed by atoms with Crippen LogP contribution in [0.5, 0.6) is 0 Å². The molecule has 0 spiro atoms. The molecule has 9 rings (SSSR count). The van der Waals surface area contributed by atoms with Gasteiger partial charge in [0.1, 0.15) is 5.84 Å². The lowest BCUT2D eigenvalue weighted by Crippen LogP contribution is -2.08. The first-order valence-corrected chi connectivity index (χ1v) is 17.3. The van der Waals surface area contributed by atoms with Gasteiger partial charge >= 0.3 is 0 Å². The number of aryl methyl sites for hydroxylation is 1. The van der Waals surface area contributed by atoms with Crippen LogP contribution in [-0.4, -0.2) is 20.7 Å². The summed E-state index contributed by atoms with van der Waals surface area (Å²) in [6.07, 6.45) is 0.802. The standard InChI is InChI=1S/C46H36N4/c1-4-39(48-40-21-11-5-15-30(40)2)36-19-8-12-22-41(36)47-31(3)49-42-23-13-9-18-35(42)38-29-33(26-28-44(38)49)50-43-24-14-10-20-37(43)46-34-17-7-6-16-32(34)25-27-45(46)50/h5-29H,4H2,1-3H3. The number of nitrogens with zero attached hydrogens (tertiary/aromatic N) is 4. The Morgan fingerprint density at radius 3 is 2.00 bits per heavy atom. The lowest BCUT2D eigenvalue weighted by atomic mass is 10.0. The van der Waals surface area contributed by atoms with Gasteiger partial charge in [-0.15, -0.1) is 0 Å². The predicted molar refractivity (Wildman–Crippen MR) is 214 cm³/mol. The smallest absolute Gasteiger partial charge is 0.111 e. The Labute approximate surface area is 291 Å². The first-order chi connectivity index (χ1) is 24.6. The summed E-state index contributed by atoms with van der Waals surface area (Å²) in [7, 11) is 0. The van der Waals surface area contributed by atoms with Gasteiger partial charge in [-0.3, -0.25) is 9.56 Å². The number of rotatable bonds is 5. The third-order valence-electron chi connectivity index (χ3n) is 10.0. The van der Waals surface area contributed by atoms with Crippen molar-refractivity contribution in [1.82, 2.24) is 9.13 Å². The summed E-state index contributed by atoms with van der Waals surface area (Å²) in [4.78, 5) is 10.4. The SMILES string of the molecule is CCC(=Nc1ccccc1C)c1ccccc1N=C(C)n1c2ccccc2c2cc(-n3c4ccccc4c4c5ccccc5ccc43)ccc21. The van der Waals surface area contributed by atoms with E-state index in [1.54, 1.807) is 0 Å². The van der Waals surface area contributed by atoms with Gasteiger partial charge < -0.3 is 4.57 Å². The molecule has 0 fully saturated rings. The van der Waals surface area contributed by atoms with Crippen molar-refractivity contribution in [2.45, 2.75) is 27.2 Å². The van der Waals surface area contributed by atoms with Gasteiger partial charge in [-0.05, 0) is 85.1 Å². The summed E-state index contributed by atoms with van der Waals surface area (Å²) in [5, 5.41) is 7.49. The fraction of sp³-hybridized carbons (Fsp3) is 0.0870. The van der Waals surface area contributed by atoms with Crippen molar-refractivity contribution in [2.75, 3.05) is 0 Å². The highest BCUT2D eigenvalue weighted by Gasteiger charge is 2.18. The van der Waals surface area contributed by atoms with E-state index < -0.39 is 0 Å². The van der Waals surface area contributed by atoms with E-state index in [0.717, 1.165) is 57.2 Å². The summed E-state index contributed by atoms with van der Waals surface area (Å²) in [5.41, 5.74) is 11.0. The van der Waals surface area contributed by atoms with E-state index in [1.807, 2.05) is 6.07 Å². The number of benzene rings is 7. The van der Waals surface area contributed by atoms with Crippen LogP contribution in [0.3, 0.4) is 0 Å². The molecule has 0 N–H and O–H groups in total. The fourth-order valence-electron chi connectivity index (χ4n) is 7.67. The Kier molecular flexibility index (Phi) is 7.17. The quantitative estimate of drug-likeness (QED) is 0.132. The van der Waals surface area contributed by atoms with Crippen molar-refractivity contribution in [3.63, 3.8) is 0 Å². The molecule has 0 amide bonds. The highest BCUT2D eigenvalue weighted by molar-refractivity contribution is 6.22. The first kappa shape index (κ1) is 29.8. The van der Waals surface area contributed by atoms with Gasteiger partial charge in [0, 0.05) is 32.8 Å². The fourth-order valence-corrected chi connectivity index (χ4v) is 7.67. The Morgan fingerprint density at radius 2 is 1.18 bits per heavy atom. The number of para-hydroxylation sites is 4. The van der Waals surface area contributed by atoms with Crippen LogP contribution in [0.4, 0.5) is 11.4 Å². The monoisotopic (exact) mass is 644 g/mol. The molecule has 4 heteroatoms. The molecular formula is C46H36N4. The molecule has 0 saturated heterocycles. The molecule has 9 aromatic rings. The molecule has 0 aliphatic heterocycles. The molecule has 4 nitrogen and oxygen atoms in total. The van der Waals surface area contributed by atoms with Crippen molar-refractivity contribution < 1.29 is 0 Å². The zero-order valence-electron chi connectivity index (χ0n) is 28.4. The number of hydrogen-bond donors (Lipinski definition) is 0. The number of fused-ring (bicyclic) bond motifs is 8. The second-order valence-corrected chi connectivity index (χ2v) is 13.0. The van der Waals surface area contributed by atoms with Crippen LogP contribution in [-0.2, 0) is 0 Å². The molecule has 0 radical (unpaired) electrons. The van der Waals surface area contributed by atoms with Gasteiger partial charge in [0.2, 0.25) is 0 Å². The maximum Gasteiger partial charge on any atom is 0.111 e. The highest BCUT2D eigenvalue weighted by atomic mass is 15.1. The van der Waals surface area contributed by atoms with Crippen molar-refractivity contribution in [3.8, 4) is 5.69 Å². The summed E-state index contributed by atoms with van der Waals surface area (Å²) in [6.45, 7) is 6.38. The van der Waals surface area contributed by atoms with Crippen molar-refractivity contribution >= 4 is 77.3 Å². The van der Waals surface area contributed by atoms with Crippen LogP contribution in [0, 0.1) is 6.92 Å². The third kappa shape index (κ3) is 4.75. The molecule has 0 atom stereocenters. The van der Waals surface area contributed by atoms with E-state index in [0.29, 0.717) is 0 Å². The number of aliphatic imine (C=N–C) groups is 2. The maximum absolute atomic E-state index is 5.31. The van der Waals surface area contributed by atoms with Crippen LogP contribution in [0.15, 0.2) is 162 Å². The topological polar surface area (TPSA) is 34.6 Å². The van der Waals surface area contributed by atoms with Gasteiger partial charge in [-0.2, -0.15) is 0 Å². The van der Waals surface area contributed by atoms with Crippen LogP contribution in [0.2, 0.25) is 0 Å². The normalized spacial score (nSPS) is 12.6. The average Bonchev–Trinajstić information content (AvgIpc) is 3.68. The minimum Gasteiger partial charge on any atom is -0.309 e. The maximum atomic E-state index is 5.31. The van der Waals surface area contributed by atoms with E-state index in [4.69, 9.17) is 9.98 Å². The predicted octanol–water partition coefficient (Wildman–Crippen LogP) is 12.5. The molecular weight excluding hydrogens is 609 g/mol. The van der Waals surface area contributed by atoms with Gasteiger partial charge in [-0.25, -0.2) is 4.99 Å². The minimum absolute atomic E-state index is 0.802. The molecule has 0 unspecified atom stereocenters. The molecule has 7 aromatic carbocycles. The van der Waals surface area contributed by atoms with Crippen molar-refractivity contribution in [1.29, 1.82) is 0 Å². The van der Waals surface area contributed by atoms with E-state index in [9.17, 15) is 0 Å². The Balaban J connectivity index is 1.23. The minimum atomic E-state index is 0.802. The van der Waals surface area contributed by atoms with Crippen LogP contribution in [0.25, 0.3) is 60.1 Å². The zero-order valence-corrected chi connectivity index (χ0v) is 28.4. The molecule has 0 aliphatic carbocycles. The summed E-state index contributed by atoms with van der Waals surface area (Å²) in [5.74, 6) is 0.908. The third-order valence-corrected chi connectivity index (χ3v) is 10.0. The second-order valence-electron chi connectivity index (χ2n) is 13.0. The molecule has 240 valence electrons. The Hall–Kier alpha value is -6.26. The Bertz CT molecular complexity index is 2830. The Morgan fingerprint density at radius 1 is 0.540 bits per heavy atom. The zero-order chi connectivity index (χ0) is 33.8. The van der Waals surface area contributed by atoms with Gasteiger partial charge in [0.15, 0.2) is 0 Å². The van der Waals surface area contributed by atoms with Crippen LogP contribution in [0.1, 0.15) is 31.4 Å². The number of hydrogen-bond acceptors (Lipinski definition) is 2. The summed E-state index contributed by atoms with van der Waals surface area (Å²) >= 11 is 0. The van der Waals surface area contributed by atoms with Gasteiger partial charge in [-0.1, -0.05) is 110 Å². The van der Waals surface area contributed by atoms with E-state index >= 15 is 0 Å². The summed E-state index contributed by atoms with van der Waals surface area (Å²) in [6, 6.07) is 54.1. The highest BCUT2D eigenvalue weighted by Crippen LogP contribution is 2.39. The molecule has 2 aromatic heterocycles. The second kappa shape index (κ2) is 12.0. The molecule has 0 bridgehead atoms. The molecule has 0 saturated carbocycles.